The summed E-state index contributed by atoms with van der Waals surface area (Å²) < 4.78 is 30.2. The third-order valence-corrected chi connectivity index (χ3v) is 7.94. The third kappa shape index (κ3) is 5.56. The molecule has 178 valence electrons. The lowest BCUT2D eigenvalue weighted by atomic mass is 10.1. The molecule has 0 aliphatic heterocycles. The van der Waals surface area contributed by atoms with E-state index in [0.717, 1.165) is 18.4 Å². The van der Waals surface area contributed by atoms with Gasteiger partial charge in [-0.3, -0.25) is 9.59 Å². The van der Waals surface area contributed by atoms with Crippen LogP contribution < -0.4 is 5.32 Å². The third-order valence-electron chi connectivity index (χ3n) is 5.77. The number of nitrogens with zero attached hydrogens (tertiary/aromatic N) is 1. The van der Waals surface area contributed by atoms with E-state index >= 15 is 0 Å². The fraction of sp³-hybridized carbons (Fsp3) is 0.308. The summed E-state index contributed by atoms with van der Waals surface area (Å²) in [4.78, 5) is 27.4. The van der Waals surface area contributed by atoms with Crippen molar-refractivity contribution in [2.75, 3.05) is 0 Å². The molecule has 1 saturated carbocycles. The summed E-state index contributed by atoms with van der Waals surface area (Å²) in [7, 11) is -3.42. The Morgan fingerprint density at radius 3 is 2.18 bits per heavy atom. The van der Waals surface area contributed by atoms with Crippen LogP contribution in [-0.2, 0) is 22.9 Å². The van der Waals surface area contributed by atoms with Gasteiger partial charge in [0.15, 0.2) is 9.84 Å². The highest BCUT2D eigenvalue weighted by molar-refractivity contribution is 7.92. The zero-order valence-corrected chi connectivity index (χ0v) is 20.0. The number of furan rings is 1. The van der Waals surface area contributed by atoms with Crippen LogP contribution in [0.4, 0.5) is 0 Å². The van der Waals surface area contributed by atoms with Crippen LogP contribution in [0.25, 0.3) is 0 Å². The highest BCUT2D eigenvalue weighted by atomic mass is 32.2. The van der Waals surface area contributed by atoms with Crippen molar-refractivity contribution in [2.24, 2.45) is 0 Å². The number of carbonyl (C=O) groups excluding carboxylic acids is 2. The van der Waals surface area contributed by atoms with Gasteiger partial charge in [0.2, 0.25) is 0 Å². The Kier molecular flexibility index (Phi) is 6.88. The van der Waals surface area contributed by atoms with Crippen molar-refractivity contribution in [2.45, 2.75) is 56.0 Å². The normalized spacial score (nSPS) is 13.6. The molecule has 0 spiro atoms. The first-order chi connectivity index (χ1) is 16.2. The second-order valence-corrected chi connectivity index (χ2v) is 11.3. The highest BCUT2D eigenvalue weighted by Gasteiger charge is 2.24. The van der Waals surface area contributed by atoms with E-state index in [9.17, 15) is 18.0 Å². The molecule has 1 aromatic heterocycles. The summed E-state index contributed by atoms with van der Waals surface area (Å²) >= 11 is 0. The van der Waals surface area contributed by atoms with Gasteiger partial charge < -0.3 is 14.6 Å². The summed E-state index contributed by atoms with van der Waals surface area (Å²) in [6.45, 7) is 3.80. The van der Waals surface area contributed by atoms with Crippen LogP contribution >= 0.6 is 0 Å². The number of sulfone groups is 1. The molecule has 8 heteroatoms. The molecule has 1 fully saturated rings. The van der Waals surface area contributed by atoms with Crippen molar-refractivity contribution in [3.05, 3.63) is 89.4 Å². The molecule has 34 heavy (non-hydrogen) atoms. The van der Waals surface area contributed by atoms with Crippen molar-refractivity contribution in [1.82, 2.24) is 10.2 Å². The highest BCUT2D eigenvalue weighted by Crippen LogP contribution is 2.21. The largest absolute Gasteiger partial charge is 0.467 e. The average Bonchev–Trinajstić information content (AvgIpc) is 3.49. The minimum absolute atomic E-state index is 0.0889. The van der Waals surface area contributed by atoms with Crippen molar-refractivity contribution >= 4 is 21.7 Å². The van der Waals surface area contributed by atoms with Gasteiger partial charge in [-0.2, -0.15) is 0 Å². The monoisotopic (exact) mass is 480 g/mol. The first-order valence-corrected chi connectivity index (χ1v) is 12.8. The number of hydrogen-bond donors (Lipinski definition) is 1. The number of amides is 2. The molecule has 2 aromatic carbocycles. The Bertz CT molecular complexity index is 1240. The predicted octanol–water partition coefficient (Wildman–Crippen LogP) is 4.20. The van der Waals surface area contributed by atoms with E-state index in [0.29, 0.717) is 23.4 Å². The Hall–Kier alpha value is -3.39. The van der Waals surface area contributed by atoms with Gasteiger partial charge in [-0.05, 0) is 80.8 Å². The molecule has 0 atom stereocenters. The van der Waals surface area contributed by atoms with Crippen LogP contribution in [0, 0.1) is 0 Å². The summed E-state index contributed by atoms with van der Waals surface area (Å²) in [5.41, 5.74) is 1.83. The van der Waals surface area contributed by atoms with E-state index in [1.165, 1.54) is 24.3 Å². The van der Waals surface area contributed by atoms with Crippen molar-refractivity contribution in [1.29, 1.82) is 0 Å². The molecule has 1 aliphatic carbocycles. The molecule has 0 saturated heterocycles. The molecular weight excluding hydrogens is 452 g/mol. The SMILES string of the molecule is CC(C)S(=O)(=O)c1ccc(C(=O)N(Cc2ccc(C(=O)NC3CC3)cc2)Cc2ccco2)cc1. The lowest BCUT2D eigenvalue weighted by Crippen LogP contribution is -2.30. The standard InChI is InChI=1S/C26H28N2O5S/c1-18(2)34(31,32)24-13-9-21(10-14-24)26(30)28(17-23-4-3-15-33-23)16-19-5-7-20(8-6-19)25(29)27-22-11-12-22/h3-10,13-15,18,22H,11-12,16-17H2,1-2H3,(H,27,29). The van der Waals surface area contributed by atoms with Crippen LogP contribution in [-0.4, -0.2) is 36.4 Å². The maximum Gasteiger partial charge on any atom is 0.254 e. The Balaban J connectivity index is 1.52. The van der Waals surface area contributed by atoms with Gasteiger partial charge in [0.25, 0.3) is 11.8 Å². The number of nitrogens with one attached hydrogen (secondary N) is 1. The van der Waals surface area contributed by atoms with E-state index in [-0.39, 0.29) is 29.3 Å². The summed E-state index contributed by atoms with van der Waals surface area (Å²) in [6.07, 6.45) is 3.60. The Morgan fingerprint density at radius 2 is 1.62 bits per heavy atom. The van der Waals surface area contributed by atoms with Crippen LogP contribution in [0.3, 0.4) is 0 Å². The van der Waals surface area contributed by atoms with Gasteiger partial charge in [-0.15, -0.1) is 0 Å². The smallest absolute Gasteiger partial charge is 0.254 e. The maximum absolute atomic E-state index is 13.3. The van der Waals surface area contributed by atoms with Crippen molar-refractivity contribution < 1.29 is 22.4 Å². The molecule has 1 aliphatic rings. The van der Waals surface area contributed by atoms with Crippen LogP contribution in [0.2, 0.25) is 0 Å². The molecule has 0 bridgehead atoms. The van der Waals surface area contributed by atoms with Crippen molar-refractivity contribution in [3.63, 3.8) is 0 Å². The van der Waals surface area contributed by atoms with Gasteiger partial charge in [-0.1, -0.05) is 12.1 Å². The second-order valence-electron chi connectivity index (χ2n) is 8.80. The number of benzene rings is 2. The number of hydrogen-bond acceptors (Lipinski definition) is 5. The predicted molar refractivity (Wildman–Crippen MR) is 128 cm³/mol. The van der Waals surface area contributed by atoms with Gasteiger partial charge in [-0.25, -0.2) is 8.42 Å². The van der Waals surface area contributed by atoms with E-state index < -0.39 is 15.1 Å². The van der Waals surface area contributed by atoms with E-state index in [1.807, 2.05) is 12.1 Å². The first kappa shape index (κ1) is 23.8. The molecular formula is C26H28N2O5S. The van der Waals surface area contributed by atoms with E-state index in [2.05, 4.69) is 5.32 Å². The topological polar surface area (TPSA) is 96.7 Å². The summed E-state index contributed by atoms with van der Waals surface area (Å²) in [5.74, 6) is 0.294. The number of rotatable bonds is 9. The van der Waals surface area contributed by atoms with E-state index in [1.54, 1.807) is 49.3 Å². The molecule has 0 unspecified atom stereocenters. The molecule has 1 heterocycles. The van der Waals surface area contributed by atoms with Gasteiger partial charge in [0.1, 0.15) is 5.76 Å². The molecule has 1 N–H and O–H groups in total. The van der Waals surface area contributed by atoms with Crippen LogP contribution in [0.15, 0.2) is 76.2 Å². The quantitative estimate of drug-likeness (QED) is 0.495. The van der Waals surface area contributed by atoms with Gasteiger partial charge in [0, 0.05) is 23.7 Å². The average molecular weight is 481 g/mol. The molecule has 2 amide bonds. The zero-order chi connectivity index (χ0) is 24.3. The van der Waals surface area contributed by atoms with Crippen molar-refractivity contribution in [3.8, 4) is 0 Å². The zero-order valence-electron chi connectivity index (χ0n) is 19.2. The van der Waals surface area contributed by atoms with Crippen LogP contribution in [0.1, 0.15) is 58.7 Å². The van der Waals surface area contributed by atoms with Gasteiger partial charge in [0.05, 0.1) is 23.0 Å². The summed E-state index contributed by atoms with van der Waals surface area (Å²) in [6, 6.07) is 17.1. The minimum Gasteiger partial charge on any atom is -0.467 e. The Labute approximate surface area is 199 Å². The summed E-state index contributed by atoms with van der Waals surface area (Å²) in [5, 5.41) is 2.42. The lowest BCUT2D eigenvalue weighted by Gasteiger charge is -2.22. The maximum atomic E-state index is 13.3. The fourth-order valence-corrected chi connectivity index (χ4v) is 4.57. The molecule has 3 aromatic rings. The molecule has 4 rings (SSSR count). The molecule has 0 radical (unpaired) electrons. The second kappa shape index (κ2) is 9.85. The molecule has 7 nitrogen and oxygen atoms in total. The van der Waals surface area contributed by atoms with E-state index in [4.69, 9.17) is 4.42 Å². The fourth-order valence-electron chi connectivity index (χ4n) is 3.51. The minimum atomic E-state index is -3.42. The lowest BCUT2D eigenvalue weighted by molar-refractivity contribution is 0.0717. The first-order valence-electron chi connectivity index (χ1n) is 11.3. The number of carbonyl (C=O) groups is 2. The Morgan fingerprint density at radius 1 is 0.971 bits per heavy atom. The van der Waals surface area contributed by atoms with Crippen LogP contribution in [0.5, 0.6) is 0 Å². The van der Waals surface area contributed by atoms with Gasteiger partial charge >= 0.3 is 0 Å².